The van der Waals surface area contributed by atoms with Crippen molar-refractivity contribution < 1.29 is 34.4 Å². The summed E-state index contributed by atoms with van der Waals surface area (Å²) in [4.78, 5) is 24.2. The number of phenols is 2. The Morgan fingerprint density at radius 3 is 2.18 bits per heavy atom. The summed E-state index contributed by atoms with van der Waals surface area (Å²) >= 11 is 0. The van der Waals surface area contributed by atoms with Gasteiger partial charge in [0.15, 0.2) is 11.5 Å². The predicted octanol–water partition coefficient (Wildman–Crippen LogP) is 3.64. The van der Waals surface area contributed by atoms with E-state index in [1.807, 2.05) is 48.5 Å². The third-order valence-electron chi connectivity index (χ3n) is 5.71. The Hall–Kier alpha value is -4.20. The third-order valence-corrected chi connectivity index (χ3v) is 5.71. The molecule has 0 fully saturated rings. The molecule has 3 aromatic rings. The highest BCUT2D eigenvalue weighted by Crippen LogP contribution is 2.44. The molecule has 0 aliphatic heterocycles. The molecule has 0 heterocycles. The summed E-state index contributed by atoms with van der Waals surface area (Å²) in [6.45, 7) is 0.0556. The Morgan fingerprint density at radius 1 is 1.00 bits per heavy atom. The smallest absolute Gasteiger partial charge is 0.407 e. The molecule has 0 saturated carbocycles. The summed E-state index contributed by atoms with van der Waals surface area (Å²) in [7, 11) is 1.31. The maximum atomic E-state index is 12.5. The van der Waals surface area contributed by atoms with Gasteiger partial charge in [0, 0.05) is 12.3 Å². The Bertz CT molecular complexity index is 1160. The fourth-order valence-electron chi connectivity index (χ4n) is 4.14. The maximum absolute atomic E-state index is 12.5. The Morgan fingerprint density at radius 2 is 1.61 bits per heavy atom. The van der Waals surface area contributed by atoms with Crippen LogP contribution < -0.4 is 10.1 Å². The molecule has 4 N–H and O–H groups in total. The number of carbonyl (C=O) groups is 2. The number of carbonyl (C=O) groups excluding carboxylic acids is 1. The van der Waals surface area contributed by atoms with Crippen LogP contribution >= 0.6 is 0 Å². The van der Waals surface area contributed by atoms with E-state index in [4.69, 9.17) is 9.47 Å². The number of alkyl carbamates (subject to hydrolysis) is 1. The number of nitrogens with one attached hydrogen (secondary N) is 1. The van der Waals surface area contributed by atoms with E-state index in [1.54, 1.807) is 0 Å². The van der Waals surface area contributed by atoms with Crippen LogP contribution in [-0.4, -0.2) is 47.1 Å². The van der Waals surface area contributed by atoms with Gasteiger partial charge in [-0.3, -0.25) is 0 Å². The van der Waals surface area contributed by atoms with Gasteiger partial charge in [-0.25, -0.2) is 9.59 Å². The topological polar surface area (TPSA) is 125 Å². The second kappa shape index (κ2) is 9.12. The zero-order valence-electron chi connectivity index (χ0n) is 17.8. The van der Waals surface area contributed by atoms with Crippen LogP contribution in [0.4, 0.5) is 4.79 Å². The SMILES string of the molecule is COc1cc(CC(NC(=O)OCC2c3ccccc3-c3ccccc32)C(=O)O)cc(O)c1O. The predicted molar refractivity (Wildman–Crippen MR) is 120 cm³/mol. The molecule has 33 heavy (non-hydrogen) atoms. The van der Waals surface area contributed by atoms with E-state index >= 15 is 0 Å². The van der Waals surface area contributed by atoms with Crippen LogP contribution in [0.5, 0.6) is 17.2 Å². The van der Waals surface area contributed by atoms with Gasteiger partial charge in [-0.15, -0.1) is 0 Å². The van der Waals surface area contributed by atoms with Crippen molar-refractivity contribution in [2.45, 2.75) is 18.4 Å². The summed E-state index contributed by atoms with van der Waals surface area (Å²) in [6, 6.07) is 17.1. The van der Waals surface area contributed by atoms with Crippen molar-refractivity contribution in [1.29, 1.82) is 0 Å². The molecule has 0 radical (unpaired) electrons. The minimum Gasteiger partial charge on any atom is -0.504 e. The number of hydrogen-bond acceptors (Lipinski definition) is 6. The van der Waals surface area contributed by atoms with Gasteiger partial charge in [-0.1, -0.05) is 48.5 Å². The van der Waals surface area contributed by atoms with E-state index in [0.717, 1.165) is 22.3 Å². The molecule has 4 rings (SSSR count). The molecule has 0 aromatic heterocycles. The van der Waals surface area contributed by atoms with Gasteiger partial charge >= 0.3 is 12.1 Å². The van der Waals surface area contributed by atoms with Crippen LogP contribution in [0.2, 0.25) is 0 Å². The summed E-state index contributed by atoms with van der Waals surface area (Å²) in [5, 5.41) is 31.5. The number of aromatic hydroxyl groups is 2. The molecule has 1 aliphatic rings. The fourth-order valence-corrected chi connectivity index (χ4v) is 4.14. The van der Waals surface area contributed by atoms with Gasteiger partial charge in [0.05, 0.1) is 7.11 Å². The average molecular weight is 449 g/mol. The normalized spacial score (nSPS) is 13.0. The first-order valence-electron chi connectivity index (χ1n) is 10.3. The fraction of sp³-hybridized carbons (Fsp3) is 0.200. The highest BCUT2D eigenvalue weighted by Gasteiger charge is 2.30. The van der Waals surface area contributed by atoms with Crippen molar-refractivity contribution in [3.05, 3.63) is 77.4 Å². The molecule has 1 aliphatic carbocycles. The summed E-state index contributed by atoms with van der Waals surface area (Å²) in [6.07, 6.45) is -1.01. The van der Waals surface area contributed by atoms with Crippen molar-refractivity contribution in [2.24, 2.45) is 0 Å². The highest BCUT2D eigenvalue weighted by molar-refractivity contribution is 5.81. The number of fused-ring (bicyclic) bond motifs is 3. The summed E-state index contributed by atoms with van der Waals surface area (Å²) < 4.78 is 10.4. The number of methoxy groups -OCH3 is 1. The lowest BCUT2D eigenvalue weighted by molar-refractivity contribution is -0.139. The molecular weight excluding hydrogens is 426 g/mol. The highest BCUT2D eigenvalue weighted by atomic mass is 16.5. The minimum absolute atomic E-state index is 0.00437. The molecule has 170 valence electrons. The lowest BCUT2D eigenvalue weighted by Gasteiger charge is -2.18. The molecule has 0 bridgehead atoms. The van der Waals surface area contributed by atoms with Gasteiger partial charge in [0.1, 0.15) is 12.6 Å². The maximum Gasteiger partial charge on any atom is 0.407 e. The Labute approximate surface area is 190 Å². The first kappa shape index (κ1) is 22.0. The summed E-state index contributed by atoms with van der Waals surface area (Å²) in [5.41, 5.74) is 4.63. The molecule has 0 saturated heterocycles. The number of carboxylic acids is 1. The van der Waals surface area contributed by atoms with Crippen LogP contribution in [0.25, 0.3) is 11.1 Å². The van der Waals surface area contributed by atoms with Crippen LogP contribution in [0.3, 0.4) is 0 Å². The number of hydrogen-bond donors (Lipinski definition) is 4. The van der Waals surface area contributed by atoms with E-state index in [2.05, 4.69) is 5.32 Å². The number of rotatable bonds is 7. The second-order valence-electron chi connectivity index (χ2n) is 7.73. The van der Waals surface area contributed by atoms with Crippen LogP contribution in [-0.2, 0) is 16.0 Å². The van der Waals surface area contributed by atoms with Crippen molar-refractivity contribution >= 4 is 12.1 Å². The van der Waals surface area contributed by atoms with Gasteiger partial charge in [-0.05, 0) is 39.9 Å². The van der Waals surface area contributed by atoms with Crippen molar-refractivity contribution in [1.82, 2.24) is 5.32 Å². The molecule has 1 amide bonds. The van der Waals surface area contributed by atoms with Crippen molar-refractivity contribution in [3.63, 3.8) is 0 Å². The average Bonchev–Trinajstić information content (AvgIpc) is 3.13. The first-order chi connectivity index (χ1) is 15.9. The van der Waals surface area contributed by atoms with Gasteiger partial charge in [0.25, 0.3) is 0 Å². The van der Waals surface area contributed by atoms with E-state index < -0.39 is 29.6 Å². The molecular formula is C25H23NO7. The number of phenolic OH excluding ortho intramolecular Hbond substituents is 2. The summed E-state index contributed by atoms with van der Waals surface area (Å²) in [5.74, 6) is -2.32. The molecule has 0 spiro atoms. The van der Waals surface area contributed by atoms with Gasteiger partial charge in [-0.2, -0.15) is 0 Å². The van der Waals surface area contributed by atoms with Crippen molar-refractivity contribution in [2.75, 3.05) is 13.7 Å². The van der Waals surface area contributed by atoms with Crippen LogP contribution in [0, 0.1) is 0 Å². The Balaban J connectivity index is 1.45. The van der Waals surface area contributed by atoms with E-state index in [9.17, 15) is 24.9 Å². The van der Waals surface area contributed by atoms with E-state index in [0.29, 0.717) is 5.56 Å². The van der Waals surface area contributed by atoms with Crippen molar-refractivity contribution in [3.8, 4) is 28.4 Å². The number of carboxylic acid groups (broad SMARTS) is 1. The zero-order valence-corrected chi connectivity index (χ0v) is 17.8. The number of amides is 1. The van der Waals surface area contributed by atoms with Crippen LogP contribution in [0.1, 0.15) is 22.6 Å². The third kappa shape index (κ3) is 4.41. The zero-order chi connectivity index (χ0) is 23.5. The molecule has 1 atom stereocenters. The standard InChI is InChI=1S/C25H23NO7/c1-32-22-12-14(11-21(27)23(22)28)10-20(24(29)30)26-25(31)33-13-19-17-8-4-2-6-15(17)16-7-3-5-9-18(16)19/h2-9,11-12,19-20,27-28H,10,13H2,1H3,(H,26,31)(H,29,30). The first-order valence-corrected chi connectivity index (χ1v) is 10.3. The number of ether oxygens (including phenoxy) is 2. The number of aliphatic carboxylic acids is 1. The van der Waals surface area contributed by atoms with Gasteiger partial charge in [0.2, 0.25) is 5.75 Å². The quantitative estimate of drug-likeness (QED) is 0.406. The molecule has 8 nitrogen and oxygen atoms in total. The second-order valence-corrected chi connectivity index (χ2v) is 7.73. The monoisotopic (exact) mass is 449 g/mol. The molecule has 1 unspecified atom stereocenters. The minimum atomic E-state index is -1.31. The molecule has 8 heteroatoms. The lowest BCUT2D eigenvalue weighted by Crippen LogP contribution is -2.42. The van der Waals surface area contributed by atoms with E-state index in [-0.39, 0.29) is 24.7 Å². The van der Waals surface area contributed by atoms with Gasteiger partial charge < -0.3 is 30.1 Å². The lowest BCUT2D eigenvalue weighted by atomic mass is 9.98. The van der Waals surface area contributed by atoms with E-state index in [1.165, 1.54) is 19.2 Å². The Kier molecular flexibility index (Phi) is 6.08. The largest absolute Gasteiger partial charge is 0.504 e. The number of benzene rings is 3. The molecule has 3 aromatic carbocycles. The van der Waals surface area contributed by atoms with Crippen LogP contribution in [0.15, 0.2) is 60.7 Å².